The molecule has 1 atom stereocenters. The molecular formula is C22H31N5O5. The maximum Gasteiger partial charge on any atom is 0.332 e. The molecule has 3 aromatic rings. The van der Waals surface area contributed by atoms with Gasteiger partial charge in [0.2, 0.25) is 5.95 Å². The van der Waals surface area contributed by atoms with Gasteiger partial charge >= 0.3 is 5.69 Å². The van der Waals surface area contributed by atoms with Crippen molar-refractivity contribution in [3.05, 3.63) is 50.7 Å². The van der Waals surface area contributed by atoms with Gasteiger partial charge < -0.3 is 24.5 Å². The first-order valence-corrected chi connectivity index (χ1v) is 10.7. The lowest BCUT2D eigenvalue weighted by Crippen LogP contribution is -2.38. The van der Waals surface area contributed by atoms with Gasteiger partial charge in [-0.2, -0.15) is 4.98 Å². The Bertz CT molecular complexity index is 1180. The minimum Gasteiger partial charge on any atom is -0.491 e. The van der Waals surface area contributed by atoms with Crippen LogP contribution in [0.15, 0.2) is 33.9 Å². The number of hydrogen-bond donors (Lipinski definition) is 2. The third-order valence-corrected chi connectivity index (χ3v) is 5.30. The largest absolute Gasteiger partial charge is 0.491 e. The van der Waals surface area contributed by atoms with Gasteiger partial charge in [0.25, 0.3) is 5.56 Å². The average Bonchev–Trinajstić information content (AvgIpc) is 3.16. The number of aliphatic hydroxyl groups excluding tert-OH is 1. The van der Waals surface area contributed by atoms with Gasteiger partial charge in [-0.25, -0.2) is 4.79 Å². The molecule has 2 heterocycles. The quantitative estimate of drug-likeness (QED) is 0.422. The third-order valence-electron chi connectivity index (χ3n) is 5.30. The summed E-state index contributed by atoms with van der Waals surface area (Å²) in [6, 6.07) is 7.71. The van der Waals surface area contributed by atoms with E-state index in [2.05, 4.69) is 17.2 Å². The Morgan fingerprint density at radius 2 is 2.00 bits per heavy atom. The predicted molar refractivity (Wildman–Crippen MR) is 123 cm³/mol. The van der Waals surface area contributed by atoms with E-state index in [0.717, 1.165) is 23.0 Å². The Kier molecular flexibility index (Phi) is 7.70. The van der Waals surface area contributed by atoms with Crippen LogP contribution >= 0.6 is 0 Å². The lowest BCUT2D eigenvalue weighted by molar-refractivity contribution is 0.0937. The monoisotopic (exact) mass is 445 g/mol. The van der Waals surface area contributed by atoms with E-state index in [9.17, 15) is 14.7 Å². The second kappa shape index (κ2) is 10.5. The second-order valence-electron chi connectivity index (χ2n) is 7.66. The number of nitrogens with zero attached hydrogens (tertiary/aromatic N) is 4. The zero-order chi connectivity index (χ0) is 23.3. The van der Waals surface area contributed by atoms with Crippen LogP contribution in [0, 0.1) is 0 Å². The SMILES string of the molecule is CCc1cccc(OC[C@H](O)Cn2c(NCCCOC)nc3c2c(=O)n(C)c(=O)n3C)c1. The Morgan fingerprint density at radius 3 is 2.72 bits per heavy atom. The number of aliphatic hydroxyl groups is 1. The summed E-state index contributed by atoms with van der Waals surface area (Å²) in [5, 5.41) is 13.9. The molecule has 0 saturated carbocycles. The summed E-state index contributed by atoms with van der Waals surface area (Å²) in [6.45, 7) is 3.31. The Morgan fingerprint density at radius 1 is 1.22 bits per heavy atom. The highest BCUT2D eigenvalue weighted by Crippen LogP contribution is 2.18. The van der Waals surface area contributed by atoms with Gasteiger partial charge in [-0.1, -0.05) is 19.1 Å². The fourth-order valence-electron chi connectivity index (χ4n) is 3.49. The van der Waals surface area contributed by atoms with Crippen LogP contribution in [0.25, 0.3) is 11.2 Å². The Balaban J connectivity index is 1.88. The number of ether oxygens (including phenoxy) is 2. The molecule has 0 radical (unpaired) electrons. The van der Waals surface area contributed by atoms with Crippen molar-refractivity contribution in [2.24, 2.45) is 14.1 Å². The summed E-state index contributed by atoms with van der Waals surface area (Å²) in [5.41, 5.74) is 0.721. The Hall–Kier alpha value is -3.11. The summed E-state index contributed by atoms with van der Waals surface area (Å²) < 4.78 is 14.8. The lowest BCUT2D eigenvalue weighted by atomic mass is 10.2. The minimum atomic E-state index is -0.904. The van der Waals surface area contributed by atoms with Crippen LogP contribution < -0.4 is 21.3 Å². The number of benzene rings is 1. The molecule has 2 aromatic heterocycles. The van der Waals surface area contributed by atoms with E-state index in [1.54, 1.807) is 18.7 Å². The maximum atomic E-state index is 12.9. The highest BCUT2D eigenvalue weighted by atomic mass is 16.5. The molecule has 174 valence electrons. The molecule has 0 unspecified atom stereocenters. The van der Waals surface area contributed by atoms with Gasteiger partial charge in [-0.05, 0) is 30.5 Å². The number of aromatic nitrogens is 4. The number of nitrogens with one attached hydrogen (secondary N) is 1. The van der Waals surface area contributed by atoms with Crippen molar-refractivity contribution in [3.8, 4) is 5.75 Å². The van der Waals surface area contributed by atoms with Crippen molar-refractivity contribution in [2.75, 3.05) is 32.2 Å². The first kappa shape index (κ1) is 23.6. The zero-order valence-electron chi connectivity index (χ0n) is 19.0. The van der Waals surface area contributed by atoms with Gasteiger partial charge in [0.1, 0.15) is 18.5 Å². The van der Waals surface area contributed by atoms with E-state index in [1.165, 1.54) is 11.6 Å². The molecule has 0 spiro atoms. The van der Waals surface area contributed by atoms with Gasteiger partial charge in [0, 0.05) is 34.4 Å². The standard InChI is InChI=1S/C22H31N5O5/c1-5-15-8-6-9-17(12-15)32-14-16(28)13-27-18-19(24-21(27)23-10-7-11-31-4)25(2)22(30)26(3)20(18)29/h6,8-9,12,16,28H,5,7,10-11,13-14H2,1-4H3,(H,23,24)/t16-/m1/s1. The molecule has 10 heteroatoms. The normalized spacial score (nSPS) is 12.3. The van der Waals surface area contributed by atoms with E-state index in [-0.39, 0.29) is 24.3 Å². The fourth-order valence-corrected chi connectivity index (χ4v) is 3.49. The maximum absolute atomic E-state index is 12.9. The van der Waals surface area contributed by atoms with Crippen molar-refractivity contribution in [1.82, 2.24) is 18.7 Å². The predicted octanol–water partition coefficient (Wildman–Crippen LogP) is 0.884. The van der Waals surface area contributed by atoms with Gasteiger partial charge in [-0.15, -0.1) is 0 Å². The van der Waals surface area contributed by atoms with Crippen LogP contribution in [0.2, 0.25) is 0 Å². The molecule has 0 fully saturated rings. The first-order valence-electron chi connectivity index (χ1n) is 10.7. The number of rotatable bonds is 11. The summed E-state index contributed by atoms with van der Waals surface area (Å²) in [6.07, 6.45) is 0.718. The molecule has 3 rings (SSSR count). The topological polar surface area (TPSA) is 113 Å². The van der Waals surface area contributed by atoms with Crippen molar-refractivity contribution in [3.63, 3.8) is 0 Å². The molecule has 0 aliphatic heterocycles. The third kappa shape index (κ3) is 5.03. The van der Waals surface area contributed by atoms with Gasteiger partial charge in [-0.3, -0.25) is 13.9 Å². The molecule has 0 amide bonds. The number of methoxy groups -OCH3 is 1. The van der Waals surface area contributed by atoms with Crippen LogP contribution in [0.3, 0.4) is 0 Å². The van der Waals surface area contributed by atoms with Crippen molar-refractivity contribution < 1.29 is 14.6 Å². The number of anilines is 1. The smallest absolute Gasteiger partial charge is 0.332 e. The number of aryl methyl sites for hydroxylation is 2. The van der Waals surface area contributed by atoms with Crippen molar-refractivity contribution in [2.45, 2.75) is 32.4 Å². The summed E-state index contributed by atoms with van der Waals surface area (Å²) in [7, 11) is 4.62. The number of imidazole rings is 1. The highest BCUT2D eigenvalue weighted by Gasteiger charge is 2.21. The first-order chi connectivity index (χ1) is 15.4. The van der Waals surface area contributed by atoms with Gasteiger partial charge in [0.05, 0.1) is 6.54 Å². The average molecular weight is 446 g/mol. The van der Waals surface area contributed by atoms with E-state index < -0.39 is 17.4 Å². The van der Waals surface area contributed by atoms with Crippen molar-refractivity contribution in [1.29, 1.82) is 0 Å². The second-order valence-corrected chi connectivity index (χ2v) is 7.66. The molecule has 0 aliphatic rings. The zero-order valence-corrected chi connectivity index (χ0v) is 19.0. The van der Waals surface area contributed by atoms with E-state index in [0.29, 0.717) is 24.8 Å². The summed E-state index contributed by atoms with van der Waals surface area (Å²) >= 11 is 0. The van der Waals surface area contributed by atoms with Crippen LogP contribution in [0.4, 0.5) is 5.95 Å². The Labute approximate surface area is 186 Å². The molecule has 10 nitrogen and oxygen atoms in total. The molecule has 2 N–H and O–H groups in total. The molecule has 0 bridgehead atoms. The minimum absolute atomic E-state index is 0.0437. The van der Waals surface area contributed by atoms with Crippen molar-refractivity contribution >= 4 is 17.1 Å². The summed E-state index contributed by atoms with van der Waals surface area (Å²) in [5.74, 6) is 1.08. The van der Waals surface area contributed by atoms with E-state index in [1.807, 2.05) is 24.3 Å². The lowest BCUT2D eigenvalue weighted by Gasteiger charge is -2.16. The summed E-state index contributed by atoms with van der Waals surface area (Å²) in [4.78, 5) is 29.7. The molecule has 0 aliphatic carbocycles. The van der Waals surface area contributed by atoms with E-state index in [4.69, 9.17) is 9.47 Å². The molecule has 1 aromatic carbocycles. The molecule has 0 saturated heterocycles. The van der Waals surface area contributed by atoms with Crippen LogP contribution in [-0.4, -0.2) is 56.8 Å². The number of hydrogen-bond acceptors (Lipinski definition) is 7. The molecule has 32 heavy (non-hydrogen) atoms. The highest BCUT2D eigenvalue weighted by molar-refractivity contribution is 5.74. The van der Waals surface area contributed by atoms with Crippen LogP contribution in [-0.2, 0) is 31.8 Å². The fraction of sp³-hybridized carbons (Fsp3) is 0.500. The van der Waals surface area contributed by atoms with Crippen LogP contribution in [0.5, 0.6) is 5.75 Å². The molecular weight excluding hydrogens is 414 g/mol. The van der Waals surface area contributed by atoms with E-state index >= 15 is 0 Å². The van der Waals surface area contributed by atoms with Crippen LogP contribution in [0.1, 0.15) is 18.9 Å². The van der Waals surface area contributed by atoms with Gasteiger partial charge in [0.15, 0.2) is 11.2 Å². The number of fused-ring (bicyclic) bond motifs is 1.